The molecule has 138 valence electrons. The van der Waals surface area contributed by atoms with Crippen molar-refractivity contribution in [3.8, 4) is 11.5 Å². The molecule has 2 aliphatic rings. The molecule has 3 aromatic rings. The van der Waals surface area contributed by atoms with E-state index >= 15 is 0 Å². The molecule has 1 aliphatic carbocycles. The van der Waals surface area contributed by atoms with Gasteiger partial charge < -0.3 is 14.8 Å². The summed E-state index contributed by atoms with van der Waals surface area (Å²) in [6.45, 7) is 2.95. The van der Waals surface area contributed by atoms with Gasteiger partial charge in [-0.25, -0.2) is 4.98 Å². The number of anilines is 1. The maximum atomic E-state index is 13.1. The molecule has 0 unspecified atom stereocenters. The smallest absolute Gasteiger partial charge is 0.256 e. The zero-order chi connectivity index (χ0) is 18.5. The first kappa shape index (κ1) is 16.1. The number of aromatic nitrogens is 3. The highest BCUT2D eigenvalue weighted by atomic mass is 16.6. The van der Waals surface area contributed by atoms with E-state index < -0.39 is 0 Å². The molecule has 1 aliphatic heterocycles. The van der Waals surface area contributed by atoms with Crippen molar-refractivity contribution in [2.75, 3.05) is 18.5 Å². The van der Waals surface area contributed by atoms with Crippen LogP contribution in [0.2, 0.25) is 0 Å². The van der Waals surface area contributed by atoms with Crippen LogP contribution in [-0.4, -0.2) is 33.9 Å². The Morgan fingerprint density at radius 3 is 2.74 bits per heavy atom. The Labute approximate surface area is 156 Å². The van der Waals surface area contributed by atoms with Crippen LogP contribution in [0.3, 0.4) is 0 Å². The van der Waals surface area contributed by atoms with E-state index in [0.717, 1.165) is 35.3 Å². The van der Waals surface area contributed by atoms with Crippen LogP contribution in [0.4, 0.5) is 5.69 Å². The average molecular weight is 364 g/mol. The number of amides is 1. The molecule has 0 radical (unpaired) electrons. The lowest BCUT2D eigenvalue weighted by molar-refractivity contribution is 0.102. The molecule has 1 amide bonds. The van der Waals surface area contributed by atoms with Crippen molar-refractivity contribution in [1.82, 2.24) is 14.8 Å². The number of pyridine rings is 1. The Morgan fingerprint density at radius 2 is 1.96 bits per heavy atom. The fraction of sp³-hybridized carbons (Fsp3) is 0.350. The van der Waals surface area contributed by atoms with Crippen LogP contribution in [0.1, 0.15) is 40.5 Å². The van der Waals surface area contributed by atoms with Gasteiger partial charge in [-0.05, 0) is 38.0 Å². The second kappa shape index (κ2) is 5.97. The number of hydrogen-bond donors (Lipinski definition) is 1. The lowest BCUT2D eigenvalue weighted by Gasteiger charge is -2.19. The molecule has 1 aromatic carbocycles. The number of nitrogens with zero attached hydrogens (tertiary/aromatic N) is 3. The highest BCUT2D eigenvalue weighted by Crippen LogP contribution is 2.40. The van der Waals surface area contributed by atoms with Crippen molar-refractivity contribution >= 4 is 22.6 Å². The third kappa shape index (κ3) is 2.79. The third-order valence-electron chi connectivity index (χ3n) is 5.03. The summed E-state index contributed by atoms with van der Waals surface area (Å²) >= 11 is 0. The van der Waals surface area contributed by atoms with E-state index in [1.807, 2.05) is 32.2 Å². The molecule has 0 saturated heterocycles. The highest BCUT2D eigenvalue weighted by Gasteiger charge is 2.28. The molecule has 0 spiro atoms. The Morgan fingerprint density at radius 1 is 1.19 bits per heavy atom. The fourth-order valence-corrected chi connectivity index (χ4v) is 3.55. The lowest BCUT2D eigenvalue weighted by atomic mass is 10.1. The zero-order valence-corrected chi connectivity index (χ0v) is 15.3. The van der Waals surface area contributed by atoms with Gasteiger partial charge in [0.05, 0.1) is 16.6 Å². The van der Waals surface area contributed by atoms with Crippen LogP contribution in [0.5, 0.6) is 11.5 Å². The van der Waals surface area contributed by atoms with Crippen molar-refractivity contribution in [1.29, 1.82) is 0 Å². The van der Waals surface area contributed by atoms with Gasteiger partial charge in [-0.15, -0.1) is 0 Å². The topological polar surface area (TPSA) is 78.3 Å². The quantitative estimate of drug-likeness (QED) is 0.772. The minimum atomic E-state index is -0.169. The molecule has 7 nitrogen and oxygen atoms in total. The predicted octanol–water partition coefficient (Wildman–Crippen LogP) is 3.18. The summed E-state index contributed by atoms with van der Waals surface area (Å²) in [7, 11) is 1.86. The summed E-state index contributed by atoms with van der Waals surface area (Å²) in [6.07, 6.45) is 2.25. The van der Waals surface area contributed by atoms with Gasteiger partial charge >= 0.3 is 0 Å². The van der Waals surface area contributed by atoms with Crippen LogP contribution < -0.4 is 14.8 Å². The largest absolute Gasteiger partial charge is 0.486 e. The molecule has 1 fully saturated rings. The Bertz CT molecular complexity index is 1070. The van der Waals surface area contributed by atoms with Gasteiger partial charge in [0.25, 0.3) is 5.91 Å². The van der Waals surface area contributed by atoms with Crippen LogP contribution >= 0.6 is 0 Å². The van der Waals surface area contributed by atoms with E-state index in [1.165, 1.54) is 0 Å². The maximum Gasteiger partial charge on any atom is 0.256 e. The lowest BCUT2D eigenvalue weighted by Crippen LogP contribution is -2.17. The van der Waals surface area contributed by atoms with E-state index in [-0.39, 0.29) is 5.91 Å². The standard InChI is InChI=1S/C20H20N4O3/c1-11-18-14(10-15(12-3-4-12)22-19(18)24(2)23-11)20(25)21-13-5-6-16-17(9-13)27-8-7-26-16/h5-6,9-10,12H,3-4,7-8H2,1-2H3,(H,21,25). The van der Waals surface area contributed by atoms with Gasteiger partial charge in [0, 0.05) is 30.4 Å². The number of rotatable bonds is 3. The Hall–Kier alpha value is -3.09. The highest BCUT2D eigenvalue weighted by molar-refractivity contribution is 6.12. The van der Waals surface area contributed by atoms with E-state index in [0.29, 0.717) is 41.9 Å². The average Bonchev–Trinajstić information content (AvgIpc) is 3.48. The molecular weight excluding hydrogens is 344 g/mol. The molecule has 27 heavy (non-hydrogen) atoms. The molecule has 5 rings (SSSR count). The number of hydrogen-bond acceptors (Lipinski definition) is 5. The summed E-state index contributed by atoms with van der Waals surface area (Å²) in [4.78, 5) is 17.9. The maximum absolute atomic E-state index is 13.1. The number of carbonyl (C=O) groups excluding carboxylic acids is 1. The van der Waals surface area contributed by atoms with Gasteiger partial charge in [0.1, 0.15) is 13.2 Å². The second-order valence-corrected chi connectivity index (χ2v) is 7.09. The van der Waals surface area contributed by atoms with Crippen LogP contribution in [0, 0.1) is 6.92 Å². The Balaban J connectivity index is 1.53. The molecule has 1 saturated carbocycles. The van der Waals surface area contributed by atoms with E-state index in [9.17, 15) is 4.79 Å². The van der Waals surface area contributed by atoms with Crippen molar-refractivity contribution in [2.24, 2.45) is 7.05 Å². The molecular formula is C20H20N4O3. The van der Waals surface area contributed by atoms with Crippen molar-refractivity contribution in [3.05, 3.63) is 41.2 Å². The normalized spacial score (nSPS) is 15.8. The second-order valence-electron chi connectivity index (χ2n) is 7.09. The number of fused-ring (bicyclic) bond motifs is 2. The van der Waals surface area contributed by atoms with Crippen LogP contribution in [-0.2, 0) is 7.05 Å². The number of aryl methyl sites for hydroxylation is 2. The van der Waals surface area contributed by atoms with E-state index in [2.05, 4.69) is 10.4 Å². The van der Waals surface area contributed by atoms with E-state index in [1.54, 1.807) is 10.7 Å². The molecule has 7 heteroatoms. The Kier molecular flexibility index (Phi) is 3.56. The summed E-state index contributed by atoms with van der Waals surface area (Å²) < 4.78 is 12.9. The number of benzene rings is 1. The van der Waals surface area contributed by atoms with Gasteiger partial charge in [-0.3, -0.25) is 9.48 Å². The summed E-state index contributed by atoms with van der Waals surface area (Å²) in [5, 5.41) is 8.24. The van der Waals surface area contributed by atoms with Crippen LogP contribution in [0.25, 0.3) is 11.0 Å². The summed E-state index contributed by atoms with van der Waals surface area (Å²) in [5.41, 5.74) is 3.81. The van der Waals surface area contributed by atoms with Crippen molar-refractivity contribution in [2.45, 2.75) is 25.7 Å². The molecule has 0 atom stereocenters. The monoisotopic (exact) mass is 364 g/mol. The number of carbonyl (C=O) groups is 1. The number of ether oxygens (including phenoxy) is 2. The fourth-order valence-electron chi connectivity index (χ4n) is 3.55. The zero-order valence-electron chi connectivity index (χ0n) is 15.3. The SMILES string of the molecule is Cc1nn(C)c2nc(C3CC3)cc(C(=O)Nc3ccc4c(c3)OCCO4)c12. The van der Waals surface area contributed by atoms with Crippen molar-refractivity contribution in [3.63, 3.8) is 0 Å². The molecule has 3 heterocycles. The van der Waals surface area contributed by atoms with Gasteiger partial charge in [-0.1, -0.05) is 0 Å². The molecule has 1 N–H and O–H groups in total. The predicted molar refractivity (Wildman–Crippen MR) is 101 cm³/mol. The summed E-state index contributed by atoms with van der Waals surface area (Å²) in [5.74, 6) is 1.63. The molecule has 0 bridgehead atoms. The third-order valence-corrected chi connectivity index (χ3v) is 5.03. The minimum Gasteiger partial charge on any atom is -0.486 e. The molecule has 2 aromatic heterocycles. The summed E-state index contributed by atoms with van der Waals surface area (Å²) in [6, 6.07) is 7.35. The first-order valence-corrected chi connectivity index (χ1v) is 9.15. The first-order chi connectivity index (χ1) is 13.1. The van der Waals surface area contributed by atoms with E-state index in [4.69, 9.17) is 14.5 Å². The number of nitrogens with one attached hydrogen (secondary N) is 1. The van der Waals surface area contributed by atoms with Crippen molar-refractivity contribution < 1.29 is 14.3 Å². The van der Waals surface area contributed by atoms with Crippen LogP contribution in [0.15, 0.2) is 24.3 Å². The van der Waals surface area contributed by atoms with Gasteiger partial charge in [0.15, 0.2) is 17.1 Å². The van der Waals surface area contributed by atoms with Gasteiger partial charge in [-0.2, -0.15) is 5.10 Å². The first-order valence-electron chi connectivity index (χ1n) is 9.15. The minimum absolute atomic E-state index is 0.169. The van der Waals surface area contributed by atoms with Gasteiger partial charge in [0.2, 0.25) is 0 Å².